The molecule has 284 valence electrons. The first-order valence-electron chi connectivity index (χ1n) is 20.1. The van der Waals surface area contributed by atoms with Crippen molar-refractivity contribution in [2.75, 3.05) is 26.7 Å². The van der Waals surface area contributed by atoms with Crippen LogP contribution in [0.5, 0.6) is 0 Å². The van der Waals surface area contributed by atoms with E-state index in [4.69, 9.17) is 29.2 Å². The van der Waals surface area contributed by atoms with Crippen molar-refractivity contribution in [2.24, 2.45) is 33.6 Å². The number of halogens is 1. The normalized spacial score (nSPS) is 27.8. The van der Waals surface area contributed by atoms with E-state index in [2.05, 4.69) is 80.8 Å². The number of aliphatic imine (C=N–C) groups is 1. The van der Waals surface area contributed by atoms with Gasteiger partial charge in [-0.1, -0.05) is 52.8 Å². The van der Waals surface area contributed by atoms with Crippen LogP contribution in [0.1, 0.15) is 131 Å². The number of rotatable bonds is 12. The van der Waals surface area contributed by atoms with E-state index >= 15 is 0 Å². The monoisotopic (exact) mass is 737 g/mol. The molecule has 3 aliphatic carbocycles. The van der Waals surface area contributed by atoms with Crippen LogP contribution in [0.2, 0.25) is 5.15 Å². The molecule has 0 radical (unpaired) electrons. The highest BCUT2D eigenvalue weighted by atomic mass is 35.5. The van der Waals surface area contributed by atoms with E-state index in [9.17, 15) is 0 Å². The van der Waals surface area contributed by atoms with Crippen LogP contribution in [0.4, 0.5) is 0 Å². The van der Waals surface area contributed by atoms with Crippen molar-refractivity contribution in [3.05, 3.63) is 47.4 Å². The summed E-state index contributed by atoms with van der Waals surface area (Å²) in [5, 5.41) is 12.3. The fourth-order valence-electron chi connectivity index (χ4n) is 9.52. The molecule has 3 unspecified atom stereocenters. The molecule has 0 amide bonds. The minimum Gasteiger partial charge on any atom is -0.374 e. The molecule has 2 N–H and O–H groups in total. The largest absolute Gasteiger partial charge is 0.374 e. The van der Waals surface area contributed by atoms with E-state index in [0.717, 1.165) is 90.8 Å². The minimum absolute atomic E-state index is 0.283. The molecule has 7 nitrogen and oxygen atoms in total. The Balaban J connectivity index is 0.000000297. The zero-order chi connectivity index (χ0) is 37.2. The molecule has 2 saturated heterocycles. The van der Waals surface area contributed by atoms with Gasteiger partial charge in [-0.25, -0.2) is 9.67 Å². The lowest BCUT2D eigenvalue weighted by Gasteiger charge is -2.34. The number of pyridine rings is 1. The minimum atomic E-state index is 0.283. The predicted molar refractivity (Wildman–Crippen MR) is 220 cm³/mol. The SMILES string of the molecule is C=C(c1ccc(-n2ccc(CC)n2)nc1Cl)N(C)C[C@H]1CCC(C)NC1=NCCCC1CNC(C)(C)C1.CC.CCC(C)(S)C1C2(CC2)C12CC2. The molecule has 5 aliphatic rings. The van der Waals surface area contributed by atoms with Gasteiger partial charge in [0.2, 0.25) is 0 Å². The molecule has 4 heterocycles. The van der Waals surface area contributed by atoms with E-state index in [1.54, 1.807) is 4.68 Å². The second kappa shape index (κ2) is 16.1. The highest BCUT2D eigenvalue weighted by Crippen LogP contribution is 2.94. The quantitative estimate of drug-likeness (QED) is 0.115. The average molecular weight is 739 g/mol. The molecule has 7 rings (SSSR count). The number of thiol groups is 1. The third-order valence-electron chi connectivity index (χ3n) is 12.7. The maximum Gasteiger partial charge on any atom is 0.155 e. The van der Waals surface area contributed by atoms with Gasteiger partial charge in [-0.05, 0) is 139 Å². The smallest absolute Gasteiger partial charge is 0.155 e. The molecular weight excluding hydrogens is 670 g/mol. The topological polar surface area (TPSA) is 70.4 Å². The Morgan fingerprint density at radius 2 is 1.82 bits per heavy atom. The third kappa shape index (κ3) is 8.86. The zero-order valence-corrected chi connectivity index (χ0v) is 34.9. The Hall–Kier alpha value is -2.03. The number of nitrogens with one attached hydrogen (secondary N) is 2. The summed E-state index contributed by atoms with van der Waals surface area (Å²) in [5.41, 5.74) is 4.69. The number of hydrogen-bond acceptors (Lipinski definition) is 6. The lowest BCUT2D eigenvalue weighted by molar-refractivity contribution is 0.365. The van der Waals surface area contributed by atoms with Crippen molar-refractivity contribution in [2.45, 2.75) is 142 Å². The standard InChI is InChI=1S/C29H44ClN7.C11H18S.C2H6/c1-7-24-14-16-37(35-24)26-13-12-25(27(30)34-26)21(3)36(6)19-23-11-10-20(2)33-28(23)31-15-8-9-22-17-29(4,5)32-18-22;1-3-9(2,12)8-10(4-5-10)11(8)6-7-11;1-2/h12-14,16,20,22-23,32H,3,7-11,15,17-19H2,1-2,4-6H3,(H,31,33);8,12H,3-7H2,1-2H3;1-2H3/t20?,22?,23-;;/m1../s1. The van der Waals surface area contributed by atoms with Gasteiger partial charge in [0.25, 0.3) is 0 Å². The first kappa shape index (κ1) is 40.2. The second-order valence-corrected chi connectivity index (χ2v) is 18.3. The van der Waals surface area contributed by atoms with Gasteiger partial charge in [-0.15, -0.1) is 0 Å². The van der Waals surface area contributed by atoms with Crippen LogP contribution in [0.25, 0.3) is 11.5 Å². The number of fused-ring (bicyclic) bond motifs is 1. The van der Waals surface area contributed by atoms with Crippen molar-refractivity contribution in [1.82, 2.24) is 30.3 Å². The Kier molecular flexibility index (Phi) is 12.7. The number of amidine groups is 1. The Morgan fingerprint density at radius 1 is 1.14 bits per heavy atom. The summed E-state index contributed by atoms with van der Waals surface area (Å²) >= 11 is 11.5. The van der Waals surface area contributed by atoms with Gasteiger partial charge in [-0.2, -0.15) is 17.7 Å². The molecule has 9 heteroatoms. The van der Waals surface area contributed by atoms with Crippen molar-refractivity contribution < 1.29 is 0 Å². The Labute approximate surface area is 320 Å². The number of hydrogen-bond donors (Lipinski definition) is 3. The summed E-state index contributed by atoms with van der Waals surface area (Å²) in [6, 6.07) is 6.41. The Bertz CT molecular complexity index is 1500. The van der Waals surface area contributed by atoms with E-state index < -0.39 is 0 Å². The predicted octanol–water partition coefficient (Wildman–Crippen LogP) is 9.64. The fraction of sp³-hybridized carbons (Fsp3) is 0.738. The lowest BCUT2D eigenvalue weighted by atomic mass is 9.92. The first-order chi connectivity index (χ1) is 24.2. The second-order valence-electron chi connectivity index (χ2n) is 17.0. The molecule has 0 bridgehead atoms. The molecule has 0 aromatic carbocycles. The number of nitrogens with zero attached hydrogens (tertiary/aromatic N) is 5. The van der Waals surface area contributed by atoms with E-state index in [-0.39, 0.29) is 5.54 Å². The van der Waals surface area contributed by atoms with Crippen LogP contribution in [0.3, 0.4) is 0 Å². The van der Waals surface area contributed by atoms with Crippen molar-refractivity contribution in [1.29, 1.82) is 0 Å². The maximum absolute atomic E-state index is 6.63. The van der Waals surface area contributed by atoms with E-state index in [0.29, 0.717) is 27.7 Å². The van der Waals surface area contributed by atoms with Crippen LogP contribution in [-0.2, 0) is 6.42 Å². The summed E-state index contributed by atoms with van der Waals surface area (Å²) in [7, 11) is 2.08. The van der Waals surface area contributed by atoms with Gasteiger partial charge in [0.1, 0.15) is 11.0 Å². The maximum atomic E-state index is 6.63. The molecule has 5 fully saturated rings. The van der Waals surface area contributed by atoms with Crippen molar-refractivity contribution in [3.8, 4) is 5.82 Å². The van der Waals surface area contributed by atoms with Gasteiger partial charge >= 0.3 is 0 Å². The average Bonchev–Trinajstić information content (AvgIpc) is 4.07. The zero-order valence-electron chi connectivity index (χ0n) is 33.3. The van der Waals surface area contributed by atoms with Crippen LogP contribution < -0.4 is 10.6 Å². The highest BCUT2D eigenvalue weighted by molar-refractivity contribution is 7.81. The van der Waals surface area contributed by atoms with Gasteiger partial charge in [0.05, 0.1) is 5.69 Å². The molecule has 4 atom stereocenters. The summed E-state index contributed by atoms with van der Waals surface area (Å²) in [4.78, 5) is 11.8. The molecule has 3 saturated carbocycles. The van der Waals surface area contributed by atoms with Gasteiger partial charge in [0, 0.05) is 59.8 Å². The fourth-order valence-corrected chi connectivity index (χ4v) is 10.3. The summed E-state index contributed by atoms with van der Waals surface area (Å²) < 4.78 is 2.11. The molecule has 51 heavy (non-hydrogen) atoms. The third-order valence-corrected chi connectivity index (χ3v) is 13.6. The van der Waals surface area contributed by atoms with Gasteiger partial charge < -0.3 is 15.5 Å². The summed E-state index contributed by atoms with van der Waals surface area (Å²) in [5.74, 6) is 3.96. The molecule has 2 spiro atoms. The molecule has 2 aromatic rings. The van der Waals surface area contributed by atoms with Gasteiger partial charge in [-0.3, -0.25) is 4.99 Å². The van der Waals surface area contributed by atoms with Crippen LogP contribution in [0, 0.1) is 28.6 Å². The number of piperidine rings is 1. The number of aryl methyl sites for hydroxylation is 1. The van der Waals surface area contributed by atoms with E-state index in [1.165, 1.54) is 44.9 Å². The highest BCUT2D eigenvalue weighted by Gasteiger charge is 2.88. The number of aromatic nitrogens is 3. The Morgan fingerprint density at radius 3 is 2.37 bits per heavy atom. The van der Waals surface area contributed by atoms with Crippen LogP contribution in [0.15, 0.2) is 36.0 Å². The lowest BCUT2D eigenvalue weighted by Crippen LogP contribution is -2.46. The van der Waals surface area contributed by atoms with Crippen molar-refractivity contribution >= 4 is 35.8 Å². The van der Waals surface area contributed by atoms with Gasteiger partial charge in [0.15, 0.2) is 5.82 Å². The molecule has 2 aliphatic heterocycles. The van der Waals surface area contributed by atoms with Crippen molar-refractivity contribution in [3.63, 3.8) is 0 Å². The first-order valence-corrected chi connectivity index (χ1v) is 21.0. The summed E-state index contributed by atoms with van der Waals surface area (Å²) in [6.45, 7) is 24.8. The van der Waals surface area contributed by atoms with Crippen LogP contribution in [-0.4, -0.2) is 68.5 Å². The van der Waals surface area contributed by atoms with Crippen LogP contribution >= 0.6 is 24.2 Å². The summed E-state index contributed by atoms with van der Waals surface area (Å²) in [6.07, 6.45) is 16.0. The molecule has 2 aromatic heterocycles. The molecular formula is C42H68ClN7S. The van der Waals surface area contributed by atoms with E-state index in [1.807, 2.05) is 38.2 Å².